The van der Waals surface area contributed by atoms with Gasteiger partial charge in [0.05, 0.1) is 13.2 Å². The van der Waals surface area contributed by atoms with Crippen LogP contribution in [0.3, 0.4) is 0 Å². The normalized spacial score (nSPS) is 12.2. The van der Waals surface area contributed by atoms with Crippen molar-refractivity contribution >= 4 is 35.8 Å². The number of carboxylic acid groups (broad SMARTS) is 6. The maximum Gasteiger partial charge on any atom is 0.303 e. The minimum Gasteiger partial charge on any atom is -0.481 e. The van der Waals surface area contributed by atoms with E-state index in [1.54, 1.807) is 0 Å². The Morgan fingerprint density at radius 2 is 0.250 bits per heavy atom. The highest BCUT2D eigenvalue weighted by molar-refractivity contribution is 5.68. The zero-order valence-corrected chi connectivity index (χ0v) is 86.9. The Bertz CT molecular complexity index is 2040. The average molecular weight is 1880 g/mol. The molecule has 0 radical (unpaired) electrons. The first-order valence-electron chi connectivity index (χ1n) is 55.3. The van der Waals surface area contributed by atoms with Crippen LogP contribution in [-0.2, 0) is 28.8 Å². The molecule has 18 nitrogen and oxygen atoms in total. The predicted molar refractivity (Wildman–Crippen MR) is 561 cm³/mol. The molecule has 12 N–H and O–H groups in total. The fraction of sp³-hybridized carbons (Fsp3) is 0.842. The second-order valence-corrected chi connectivity index (χ2v) is 36.8. The van der Waals surface area contributed by atoms with Gasteiger partial charge in [-0.05, 0) is 193 Å². The SMILES string of the molecule is CCCCCCCC/C=C\CCCCCCCC(=O)O.CCCCCCCC/C=C\CCCCCCCC(=O)O.CCCCCCCC/C=C\CCCCCCCC(=O)O.CCCCCCCC/C=C\CCCCCCCC(=O)O.CCCCCCCC/C=C\CCCCCCCC(=O)O.CCCCCCCC/C=C\CCCCCCCC(=O)O.OC[C@@H](O)[C@@H](O)[C@H](O)[C@@H](O)CO. The fourth-order valence-electron chi connectivity index (χ4n) is 14.8. The average Bonchev–Trinajstić information content (AvgIpc) is 0.906. The molecular weight excluding hydrogens is 1660 g/mol. The van der Waals surface area contributed by atoms with E-state index < -0.39 is 73.4 Å². The summed E-state index contributed by atoms with van der Waals surface area (Å²) in [5, 5.41) is 103. The van der Waals surface area contributed by atoms with Crippen molar-refractivity contribution in [3.8, 4) is 0 Å². The molecule has 0 amide bonds. The van der Waals surface area contributed by atoms with E-state index >= 15 is 0 Å². The number of hydrogen-bond acceptors (Lipinski definition) is 12. The zero-order valence-electron chi connectivity index (χ0n) is 86.9. The second-order valence-electron chi connectivity index (χ2n) is 36.8. The second kappa shape index (κ2) is 130. The Hall–Kier alpha value is -4.98. The lowest BCUT2D eigenvalue weighted by Crippen LogP contribution is -2.46. The molecule has 0 saturated carbocycles. The van der Waals surface area contributed by atoms with Crippen LogP contribution in [-0.4, -0.2) is 135 Å². The number of carboxylic acids is 6. The van der Waals surface area contributed by atoms with E-state index in [0.717, 1.165) is 77.0 Å². The van der Waals surface area contributed by atoms with Gasteiger partial charge in [-0.15, -0.1) is 0 Å². The quantitative estimate of drug-likeness (QED) is 0.0199. The van der Waals surface area contributed by atoms with Crippen molar-refractivity contribution in [3.05, 3.63) is 72.9 Å². The molecule has 18 heteroatoms. The van der Waals surface area contributed by atoms with Gasteiger partial charge in [0.15, 0.2) is 0 Å². The summed E-state index contributed by atoms with van der Waals surface area (Å²) in [6, 6.07) is 0. The maximum absolute atomic E-state index is 10.3. The molecule has 0 aliphatic heterocycles. The number of allylic oxidation sites excluding steroid dienone is 12. The van der Waals surface area contributed by atoms with E-state index in [-0.39, 0.29) is 0 Å². The third-order valence-corrected chi connectivity index (χ3v) is 23.4. The number of aliphatic hydroxyl groups is 6. The standard InChI is InChI=1S/6C18H34O2.C6H14O6/c6*1-2-3-4-5-6-7-8-9-10-11-12-13-14-15-16-17-18(19)20;7-1-3(9)5(11)6(12)4(10)2-8/h6*9-10H,2-8,11-17H2,1H3,(H,19,20);3-12H,1-2H2/b6*10-9-;/t;;;;;;3-,4+,5-,6-/m......1/s1. The molecule has 0 aliphatic carbocycles. The van der Waals surface area contributed by atoms with Gasteiger partial charge >= 0.3 is 35.8 Å². The molecule has 782 valence electrons. The van der Waals surface area contributed by atoms with Gasteiger partial charge < -0.3 is 61.3 Å². The molecule has 0 aliphatic rings. The third kappa shape index (κ3) is 151. The minimum absolute atomic E-state index is 0.332. The Balaban J connectivity index is -0.000000277. The van der Waals surface area contributed by atoms with Crippen LogP contribution >= 0.6 is 0 Å². The molecular formula is C114H218O18. The summed E-state index contributed by atoms with van der Waals surface area (Å²) < 4.78 is 0. The van der Waals surface area contributed by atoms with Crippen molar-refractivity contribution in [2.75, 3.05) is 13.2 Å². The van der Waals surface area contributed by atoms with Gasteiger partial charge in [-0.1, -0.05) is 423 Å². The molecule has 0 aromatic rings. The number of aliphatic hydroxyl groups excluding tert-OH is 6. The van der Waals surface area contributed by atoms with Crippen LogP contribution in [0, 0.1) is 0 Å². The van der Waals surface area contributed by atoms with E-state index in [9.17, 15) is 28.8 Å². The lowest BCUT2D eigenvalue weighted by Gasteiger charge is -2.24. The molecule has 0 rings (SSSR count). The van der Waals surface area contributed by atoms with E-state index in [4.69, 9.17) is 61.3 Å². The van der Waals surface area contributed by atoms with Gasteiger partial charge in [-0.2, -0.15) is 0 Å². The van der Waals surface area contributed by atoms with E-state index in [0.29, 0.717) is 38.5 Å². The van der Waals surface area contributed by atoms with Gasteiger partial charge in [0.2, 0.25) is 0 Å². The van der Waals surface area contributed by atoms with Gasteiger partial charge in [-0.3, -0.25) is 28.8 Å². The summed E-state index contributed by atoms with van der Waals surface area (Å²) in [4.78, 5) is 61.9. The summed E-state index contributed by atoms with van der Waals surface area (Å²) in [5.41, 5.74) is 0. The molecule has 0 spiro atoms. The number of rotatable bonds is 95. The summed E-state index contributed by atoms with van der Waals surface area (Å²) >= 11 is 0. The van der Waals surface area contributed by atoms with Crippen LogP contribution in [0.15, 0.2) is 72.9 Å². The molecule has 0 saturated heterocycles. The lowest BCUT2D eigenvalue weighted by atomic mass is 10.0. The number of unbranched alkanes of at least 4 members (excludes halogenated alkanes) is 66. The summed E-state index contributed by atoms with van der Waals surface area (Å²) in [6.45, 7) is 12.1. The molecule has 4 atom stereocenters. The highest BCUT2D eigenvalue weighted by Gasteiger charge is 2.29. The Morgan fingerprint density at radius 3 is 0.341 bits per heavy atom. The predicted octanol–water partition coefficient (Wildman–Crippen LogP) is 33.1. The van der Waals surface area contributed by atoms with Crippen LogP contribution in [0.25, 0.3) is 0 Å². The zero-order chi connectivity index (χ0) is 99.1. The molecule has 0 unspecified atom stereocenters. The number of hydrogen-bond donors (Lipinski definition) is 12. The van der Waals surface area contributed by atoms with Gasteiger partial charge in [-0.25, -0.2) is 0 Å². The fourth-order valence-corrected chi connectivity index (χ4v) is 14.8. The molecule has 0 aromatic heterocycles. The molecule has 132 heavy (non-hydrogen) atoms. The topological polar surface area (TPSA) is 345 Å². The summed E-state index contributed by atoms with van der Waals surface area (Å²) in [5.74, 6) is -3.99. The summed E-state index contributed by atoms with van der Waals surface area (Å²) in [7, 11) is 0. The maximum atomic E-state index is 10.3. The van der Waals surface area contributed by atoms with E-state index in [1.165, 1.54) is 424 Å². The molecule has 0 heterocycles. The highest BCUT2D eigenvalue weighted by Crippen LogP contribution is 2.19. The monoisotopic (exact) mass is 1880 g/mol. The van der Waals surface area contributed by atoms with Crippen molar-refractivity contribution in [1.29, 1.82) is 0 Å². The van der Waals surface area contributed by atoms with Crippen molar-refractivity contribution in [1.82, 2.24) is 0 Å². The largest absolute Gasteiger partial charge is 0.481 e. The minimum atomic E-state index is -1.67. The number of aliphatic carboxylic acids is 6. The smallest absolute Gasteiger partial charge is 0.303 e. The van der Waals surface area contributed by atoms with Crippen molar-refractivity contribution in [3.63, 3.8) is 0 Å². The Morgan fingerprint density at radius 1 is 0.159 bits per heavy atom. The Kier molecular flexibility index (Phi) is 138. The van der Waals surface area contributed by atoms with Gasteiger partial charge in [0, 0.05) is 38.5 Å². The van der Waals surface area contributed by atoms with E-state index in [1.807, 2.05) is 0 Å². The molecule has 0 aromatic carbocycles. The molecule has 0 bridgehead atoms. The first kappa shape index (κ1) is 140. The third-order valence-electron chi connectivity index (χ3n) is 23.4. The van der Waals surface area contributed by atoms with Gasteiger partial charge in [0.25, 0.3) is 0 Å². The van der Waals surface area contributed by atoms with Crippen LogP contribution in [0.5, 0.6) is 0 Å². The van der Waals surface area contributed by atoms with E-state index in [2.05, 4.69) is 114 Å². The molecule has 0 fully saturated rings. The number of carbonyl (C=O) groups is 6. The van der Waals surface area contributed by atoms with Crippen molar-refractivity contribution in [2.45, 2.75) is 605 Å². The highest BCUT2D eigenvalue weighted by atomic mass is 16.4. The Labute approximate surface area is 812 Å². The van der Waals surface area contributed by atoms with Crippen molar-refractivity contribution in [2.24, 2.45) is 0 Å². The first-order chi connectivity index (χ1) is 64.2. The first-order valence-corrected chi connectivity index (χ1v) is 55.3. The lowest BCUT2D eigenvalue weighted by molar-refractivity contribution is -0.138. The van der Waals surface area contributed by atoms with Crippen LogP contribution < -0.4 is 0 Å². The van der Waals surface area contributed by atoms with Crippen LogP contribution in [0.4, 0.5) is 0 Å². The van der Waals surface area contributed by atoms with Crippen molar-refractivity contribution < 1.29 is 90.0 Å². The van der Waals surface area contributed by atoms with Crippen LogP contribution in [0.1, 0.15) is 581 Å². The van der Waals surface area contributed by atoms with Crippen LogP contribution in [0.2, 0.25) is 0 Å². The van der Waals surface area contributed by atoms with Gasteiger partial charge in [0.1, 0.15) is 24.4 Å². The summed E-state index contributed by atoms with van der Waals surface area (Å²) in [6.07, 6.45) is 121.